The summed E-state index contributed by atoms with van der Waals surface area (Å²) in [6, 6.07) is -0.928. The fourth-order valence-electron chi connectivity index (χ4n) is 10.9. The number of hydrogen-bond acceptors (Lipinski definition) is 13. The molecule has 2 heterocycles. The third-order valence-electron chi connectivity index (χ3n) is 16.1. The molecule has 14 nitrogen and oxygen atoms in total. The van der Waals surface area contributed by atoms with Gasteiger partial charge in [0, 0.05) is 6.42 Å². The zero-order valence-electron chi connectivity index (χ0n) is 49.7. The second kappa shape index (κ2) is 50.0. The van der Waals surface area contributed by atoms with Crippen molar-refractivity contribution in [2.24, 2.45) is 0 Å². The van der Waals surface area contributed by atoms with Crippen molar-refractivity contribution in [2.75, 3.05) is 19.8 Å². The lowest BCUT2D eigenvalue weighted by Gasteiger charge is -2.46. The lowest BCUT2D eigenvalue weighted by molar-refractivity contribution is -0.359. The molecule has 460 valence electrons. The van der Waals surface area contributed by atoms with Crippen molar-refractivity contribution < 1.29 is 64.6 Å². The van der Waals surface area contributed by atoms with Gasteiger partial charge in [-0.3, -0.25) is 4.79 Å². The number of carbonyl (C=O) groups is 1. The summed E-state index contributed by atoms with van der Waals surface area (Å²) < 4.78 is 22.8. The summed E-state index contributed by atoms with van der Waals surface area (Å²) in [5, 5.41) is 87.2. The fourth-order valence-corrected chi connectivity index (χ4v) is 10.9. The van der Waals surface area contributed by atoms with Crippen LogP contribution in [0.5, 0.6) is 0 Å². The van der Waals surface area contributed by atoms with E-state index in [0.29, 0.717) is 12.8 Å². The summed E-state index contributed by atoms with van der Waals surface area (Å²) in [5.74, 6) is -0.243. The summed E-state index contributed by atoms with van der Waals surface area (Å²) in [5.41, 5.74) is 0. The number of aliphatic hydroxyl groups is 8. The highest BCUT2D eigenvalue weighted by Crippen LogP contribution is 2.30. The molecule has 2 aliphatic heterocycles. The quantitative estimate of drug-likeness (QED) is 0.0204. The summed E-state index contributed by atoms with van der Waals surface area (Å²) >= 11 is 0. The zero-order valence-corrected chi connectivity index (χ0v) is 49.7. The molecule has 0 radical (unpaired) electrons. The molecule has 0 bridgehead atoms. The van der Waals surface area contributed by atoms with E-state index in [4.69, 9.17) is 18.9 Å². The van der Waals surface area contributed by atoms with E-state index in [0.717, 1.165) is 32.1 Å². The van der Waals surface area contributed by atoms with Gasteiger partial charge >= 0.3 is 0 Å². The molecule has 14 heteroatoms. The van der Waals surface area contributed by atoms with Gasteiger partial charge in [0.05, 0.1) is 32.0 Å². The van der Waals surface area contributed by atoms with Crippen molar-refractivity contribution >= 4 is 5.91 Å². The molecule has 9 N–H and O–H groups in total. The number of aliphatic hydroxyl groups excluding tert-OH is 8. The molecule has 1 amide bonds. The lowest BCUT2D eigenvalue weighted by atomic mass is 9.97. The Morgan fingerprint density at radius 1 is 0.449 bits per heavy atom. The van der Waals surface area contributed by atoms with Crippen LogP contribution in [0.25, 0.3) is 0 Å². The van der Waals surface area contributed by atoms with Crippen LogP contribution in [0.1, 0.15) is 284 Å². The van der Waals surface area contributed by atoms with E-state index in [-0.39, 0.29) is 18.9 Å². The lowest BCUT2D eigenvalue weighted by Crippen LogP contribution is -2.65. The van der Waals surface area contributed by atoms with Gasteiger partial charge in [-0.2, -0.15) is 0 Å². The molecule has 0 aromatic carbocycles. The number of unbranched alkanes of at least 4 members (excludes halogenated alkanes) is 38. The molecule has 0 aliphatic carbocycles. The predicted octanol–water partition coefficient (Wildman–Crippen LogP) is 12.0. The van der Waals surface area contributed by atoms with Crippen molar-refractivity contribution in [3.05, 3.63) is 24.3 Å². The van der Waals surface area contributed by atoms with Gasteiger partial charge in [-0.25, -0.2) is 0 Å². The Morgan fingerprint density at radius 3 is 1.26 bits per heavy atom. The number of nitrogens with one attached hydrogen (secondary N) is 1. The van der Waals surface area contributed by atoms with Crippen molar-refractivity contribution in [1.82, 2.24) is 5.32 Å². The van der Waals surface area contributed by atoms with E-state index in [2.05, 4.69) is 31.3 Å². The number of hydrogen-bond donors (Lipinski definition) is 9. The van der Waals surface area contributed by atoms with E-state index in [9.17, 15) is 45.6 Å². The number of carbonyl (C=O) groups excluding carboxylic acids is 1. The van der Waals surface area contributed by atoms with Crippen LogP contribution in [0.2, 0.25) is 0 Å². The molecule has 2 saturated heterocycles. The highest BCUT2D eigenvalue weighted by Gasteiger charge is 2.51. The molecule has 78 heavy (non-hydrogen) atoms. The van der Waals surface area contributed by atoms with Gasteiger partial charge in [-0.1, -0.05) is 269 Å². The third-order valence-corrected chi connectivity index (χ3v) is 16.1. The van der Waals surface area contributed by atoms with Crippen molar-refractivity contribution in [3.8, 4) is 0 Å². The van der Waals surface area contributed by atoms with Crippen LogP contribution < -0.4 is 5.32 Å². The first-order chi connectivity index (χ1) is 38.1. The summed E-state index contributed by atoms with van der Waals surface area (Å²) in [7, 11) is 0. The number of ether oxygens (including phenoxy) is 4. The first kappa shape index (κ1) is 72.6. The monoisotopic (exact) mass is 1110 g/mol. The SMILES string of the molecule is CCCCCCCCCCCCCCC/C=C/CC/C=C/C(O)C(COC1OC(CO)C(OC2OC(CO)C(O)C(O)C2O)C(O)C1O)NC(=O)CCCCCCCCCCCCCCCCCCCCCCCCCCC. The predicted molar refractivity (Wildman–Crippen MR) is 314 cm³/mol. The first-order valence-corrected chi connectivity index (χ1v) is 32.6. The summed E-state index contributed by atoms with van der Waals surface area (Å²) in [6.45, 7) is 2.82. The molecule has 2 fully saturated rings. The van der Waals surface area contributed by atoms with Crippen molar-refractivity contribution in [3.63, 3.8) is 0 Å². The summed E-state index contributed by atoms with van der Waals surface area (Å²) in [6.07, 6.45) is 43.7. The van der Waals surface area contributed by atoms with Gasteiger partial charge < -0.3 is 65.1 Å². The van der Waals surface area contributed by atoms with Crippen LogP contribution in [0.3, 0.4) is 0 Å². The fraction of sp³-hybridized carbons (Fsp3) is 0.922. The largest absolute Gasteiger partial charge is 0.394 e. The minimum atomic E-state index is -1.79. The van der Waals surface area contributed by atoms with Crippen LogP contribution in [0.4, 0.5) is 0 Å². The van der Waals surface area contributed by atoms with Crippen LogP contribution in [0, 0.1) is 0 Å². The van der Waals surface area contributed by atoms with Gasteiger partial charge in [0.15, 0.2) is 12.6 Å². The smallest absolute Gasteiger partial charge is 0.220 e. The molecular formula is C64H121NO13. The second-order valence-corrected chi connectivity index (χ2v) is 23.2. The van der Waals surface area contributed by atoms with Crippen LogP contribution in [0.15, 0.2) is 24.3 Å². The van der Waals surface area contributed by atoms with Crippen LogP contribution in [-0.4, -0.2) is 140 Å². The van der Waals surface area contributed by atoms with Gasteiger partial charge in [-0.15, -0.1) is 0 Å². The van der Waals surface area contributed by atoms with Crippen LogP contribution in [-0.2, 0) is 23.7 Å². The molecule has 2 rings (SSSR count). The highest BCUT2D eigenvalue weighted by molar-refractivity contribution is 5.76. The Hall–Kier alpha value is -1.53. The third kappa shape index (κ3) is 34.8. The van der Waals surface area contributed by atoms with E-state index in [1.165, 1.54) is 218 Å². The molecule has 0 spiro atoms. The maximum absolute atomic E-state index is 13.3. The normalized spacial score (nSPS) is 24.6. The number of amides is 1. The minimum Gasteiger partial charge on any atom is -0.394 e. The van der Waals surface area contributed by atoms with E-state index < -0.39 is 86.8 Å². The molecule has 12 unspecified atom stereocenters. The first-order valence-electron chi connectivity index (χ1n) is 32.6. The maximum Gasteiger partial charge on any atom is 0.220 e. The van der Waals surface area contributed by atoms with E-state index in [1.807, 2.05) is 6.08 Å². The summed E-state index contributed by atoms with van der Waals surface area (Å²) in [4.78, 5) is 13.3. The van der Waals surface area contributed by atoms with E-state index >= 15 is 0 Å². The standard InChI is InChI=1S/C64H121NO13/c1-3-5-7-9-11-13-15-17-19-21-23-24-25-26-27-28-30-32-34-36-38-40-42-44-46-48-56(69)65-52(53(68)47-45-43-41-39-37-35-33-31-29-22-20-18-16-14-12-10-8-6-4-2)51-75-63-61(74)59(72)62(55(50-67)77-63)78-64-60(73)58(71)57(70)54(49-66)76-64/h37,39,45,47,52-55,57-64,66-68,70-74H,3-36,38,40-44,46,48-51H2,1-2H3,(H,65,69)/b39-37+,47-45+. The van der Waals surface area contributed by atoms with Crippen molar-refractivity contribution in [1.29, 1.82) is 0 Å². The highest BCUT2D eigenvalue weighted by atomic mass is 16.7. The van der Waals surface area contributed by atoms with E-state index in [1.54, 1.807) is 6.08 Å². The molecule has 0 aromatic heterocycles. The number of allylic oxidation sites excluding steroid dienone is 3. The molecule has 0 aromatic rings. The van der Waals surface area contributed by atoms with Crippen LogP contribution >= 0.6 is 0 Å². The Bertz CT molecular complexity index is 1400. The van der Waals surface area contributed by atoms with Gasteiger partial charge in [0.25, 0.3) is 0 Å². The Balaban J connectivity index is 1.72. The minimum absolute atomic E-state index is 0.243. The van der Waals surface area contributed by atoms with Gasteiger partial charge in [0.1, 0.15) is 48.8 Å². The Kier molecular flexibility index (Phi) is 46.5. The zero-order chi connectivity index (χ0) is 56.7. The molecule has 0 saturated carbocycles. The average Bonchev–Trinajstić information content (AvgIpc) is 3.48. The average molecular weight is 1110 g/mol. The second-order valence-electron chi connectivity index (χ2n) is 23.2. The van der Waals surface area contributed by atoms with Crippen molar-refractivity contribution in [2.45, 2.75) is 357 Å². The Morgan fingerprint density at radius 2 is 0.821 bits per heavy atom. The molecule has 2 aliphatic rings. The van der Waals surface area contributed by atoms with Gasteiger partial charge in [0.2, 0.25) is 5.91 Å². The van der Waals surface area contributed by atoms with Gasteiger partial charge in [-0.05, 0) is 32.1 Å². The molecular weight excluding hydrogens is 991 g/mol. The maximum atomic E-state index is 13.3. The topological polar surface area (TPSA) is 228 Å². The Labute approximate surface area is 475 Å². The molecule has 12 atom stereocenters. The number of rotatable bonds is 53.